The van der Waals surface area contributed by atoms with Crippen LogP contribution in [0.3, 0.4) is 0 Å². The molecule has 3 heteroatoms. The average Bonchev–Trinajstić information content (AvgIpc) is 3.37. The molecule has 4 aromatic carbocycles. The number of aryl methyl sites for hydroxylation is 1. The zero-order valence-electron chi connectivity index (χ0n) is 20.0. The van der Waals surface area contributed by atoms with Crippen LogP contribution in [0.25, 0.3) is 33.6 Å². The highest BCUT2D eigenvalue weighted by atomic mass is 15.2. The number of nitrogens with one attached hydrogen (secondary N) is 1. The third kappa shape index (κ3) is 3.24. The van der Waals surface area contributed by atoms with Crippen LogP contribution < -0.4 is 4.90 Å². The summed E-state index contributed by atoms with van der Waals surface area (Å²) in [4.78, 5) is 10.9. The maximum absolute atomic E-state index is 4.91. The number of hydrogen-bond donors (Lipinski definition) is 1. The van der Waals surface area contributed by atoms with E-state index in [0.29, 0.717) is 0 Å². The number of pyridine rings is 1. The van der Waals surface area contributed by atoms with E-state index >= 15 is 0 Å². The molecule has 7 rings (SSSR count). The second-order valence-corrected chi connectivity index (χ2v) is 9.44. The van der Waals surface area contributed by atoms with Crippen molar-refractivity contribution in [1.29, 1.82) is 0 Å². The Morgan fingerprint density at radius 2 is 1.44 bits per heavy atom. The summed E-state index contributed by atoms with van der Waals surface area (Å²) in [5.41, 5.74) is 10.6. The van der Waals surface area contributed by atoms with Crippen LogP contribution in [0.5, 0.6) is 0 Å². The molecule has 0 aliphatic carbocycles. The zero-order chi connectivity index (χ0) is 24.1. The van der Waals surface area contributed by atoms with Gasteiger partial charge in [-0.25, -0.2) is 0 Å². The first-order valence-corrected chi connectivity index (χ1v) is 12.3. The first kappa shape index (κ1) is 20.7. The Morgan fingerprint density at radius 3 is 2.28 bits per heavy atom. The van der Waals surface area contributed by atoms with Crippen molar-refractivity contribution in [2.75, 3.05) is 4.90 Å². The van der Waals surface area contributed by atoms with Gasteiger partial charge in [0, 0.05) is 51.2 Å². The largest absolute Gasteiger partial charge is 0.361 e. The smallest absolute Gasteiger partial charge is 0.0886 e. The lowest BCUT2D eigenvalue weighted by Crippen LogP contribution is -2.31. The Hall–Kier alpha value is -4.63. The molecule has 3 heterocycles. The maximum atomic E-state index is 4.91. The van der Waals surface area contributed by atoms with Gasteiger partial charge in [-0.1, -0.05) is 84.4 Å². The number of para-hydroxylation sites is 2. The Morgan fingerprint density at radius 1 is 0.722 bits per heavy atom. The molecule has 0 amide bonds. The van der Waals surface area contributed by atoms with E-state index in [1.165, 1.54) is 44.3 Å². The molecule has 0 saturated heterocycles. The molecular formula is C33H25N3. The van der Waals surface area contributed by atoms with E-state index in [0.717, 1.165) is 16.7 Å². The quantitative estimate of drug-likeness (QED) is 0.287. The first-order valence-electron chi connectivity index (χ1n) is 12.3. The van der Waals surface area contributed by atoms with Crippen LogP contribution in [0.15, 0.2) is 116 Å². The van der Waals surface area contributed by atoms with Gasteiger partial charge in [0.2, 0.25) is 0 Å². The van der Waals surface area contributed by atoms with Crippen LogP contribution in [0.1, 0.15) is 33.9 Å². The first-order chi connectivity index (χ1) is 17.8. The number of hydrogen-bond acceptors (Lipinski definition) is 2. The number of H-pyrrole nitrogens is 1. The third-order valence-electron chi connectivity index (χ3n) is 7.24. The predicted octanol–water partition coefficient (Wildman–Crippen LogP) is 8.13. The highest BCUT2D eigenvalue weighted by Crippen LogP contribution is 2.47. The number of rotatable bonds is 3. The molecule has 1 atom stereocenters. The molecule has 0 radical (unpaired) electrons. The lowest BCUT2D eigenvalue weighted by atomic mass is 9.86. The van der Waals surface area contributed by atoms with E-state index in [9.17, 15) is 0 Å². The third-order valence-corrected chi connectivity index (χ3v) is 7.24. The van der Waals surface area contributed by atoms with E-state index in [1.807, 2.05) is 0 Å². The Bertz CT molecular complexity index is 1740. The lowest BCUT2D eigenvalue weighted by Gasteiger charge is -2.40. The van der Waals surface area contributed by atoms with Crippen LogP contribution in [0.2, 0.25) is 0 Å². The fraction of sp³-hybridized carbons (Fsp3) is 0.0606. The molecule has 0 fully saturated rings. The van der Waals surface area contributed by atoms with Gasteiger partial charge >= 0.3 is 0 Å². The van der Waals surface area contributed by atoms with E-state index in [-0.39, 0.29) is 6.04 Å². The fourth-order valence-electron chi connectivity index (χ4n) is 5.49. The van der Waals surface area contributed by atoms with Crippen molar-refractivity contribution in [1.82, 2.24) is 9.97 Å². The topological polar surface area (TPSA) is 31.9 Å². The molecule has 2 aromatic heterocycles. The van der Waals surface area contributed by atoms with Crippen LogP contribution in [-0.4, -0.2) is 9.97 Å². The van der Waals surface area contributed by atoms with Crippen LogP contribution in [0, 0.1) is 6.92 Å². The lowest BCUT2D eigenvalue weighted by molar-refractivity contribution is 0.819. The van der Waals surface area contributed by atoms with Gasteiger partial charge in [0.05, 0.1) is 11.6 Å². The highest BCUT2D eigenvalue weighted by Gasteiger charge is 2.34. The van der Waals surface area contributed by atoms with Crippen LogP contribution in [0.4, 0.5) is 5.69 Å². The van der Waals surface area contributed by atoms with Gasteiger partial charge in [-0.2, -0.15) is 0 Å². The number of benzene rings is 4. The molecule has 1 unspecified atom stereocenters. The van der Waals surface area contributed by atoms with E-state index in [4.69, 9.17) is 4.98 Å². The molecule has 6 aromatic rings. The summed E-state index contributed by atoms with van der Waals surface area (Å²) in [5.74, 6) is 0. The highest BCUT2D eigenvalue weighted by molar-refractivity contribution is 6.02. The summed E-state index contributed by atoms with van der Waals surface area (Å²) in [5, 5.41) is 2.41. The molecule has 0 spiro atoms. The van der Waals surface area contributed by atoms with Crippen LogP contribution in [-0.2, 0) is 0 Å². The second kappa shape index (κ2) is 8.24. The Kier molecular flexibility index (Phi) is 4.74. The molecular weight excluding hydrogens is 438 g/mol. The van der Waals surface area contributed by atoms with Crippen molar-refractivity contribution in [3.63, 3.8) is 0 Å². The van der Waals surface area contributed by atoms with Crippen LogP contribution >= 0.6 is 0 Å². The SMILES string of the molecule is Cc1ccc(N2C(c3ccccc3)=Cc3c(cnc4ccccc34)C2c2c[nH]c3ccccc23)cc1. The van der Waals surface area contributed by atoms with Gasteiger partial charge in [-0.15, -0.1) is 0 Å². The fourth-order valence-corrected chi connectivity index (χ4v) is 5.49. The predicted molar refractivity (Wildman–Crippen MR) is 150 cm³/mol. The van der Waals surface area contributed by atoms with Crippen molar-refractivity contribution in [2.24, 2.45) is 0 Å². The van der Waals surface area contributed by atoms with Gasteiger partial charge in [-0.05, 0) is 48.4 Å². The molecule has 0 bridgehead atoms. The Balaban J connectivity index is 1.59. The van der Waals surface area contributed by atoms with Gasteiger partial charge in [-0.3, -0.25) is 4.98 Å². The molecule has 172 valence electrons. The van der Waals surface area contributed by atoms with Crippen molar-refractivity contribution in [3.8, 4) is 0 Å². The second-order valence-electron chi connectivity index (χ2n) is 9.44. The zero-order valence-corrected chi connectivity index (χ0v) is 20.0. The standard InChI is InChI=1S/C33H25N3/c1-22-15-17-24(18-16-22)36-32(23-9-3-2-4-10-23)19-27-25-11-5-7-13-30(25)35-21-29(27)33(36)28-20-34-31-14-8-6-12-26(28)31/h2-21,33-34H,1H3. The minimum Gasteiger partial charge on any atom is -0.361 e. The number of anilines is 1. The summed E-state index contributed by atoms with van der Waals surface area (Å²) in [6.07, 6.45) is 6.59. The molecule has 36 heavy (non-hydrogen) atoms. The minimum absolute atomic E-state index is 0.0452. The van der Waals surface area contributed by atoms with Gasteiger partial charge < -0.3 is 9.88 Å². The number of aromatic amines is 1. The average molecular weight is 464 g/mol. The summed E-state index contributed by atoms with van der Waals surface area (Å²) in [7, 11) is 0. The van der Waals surface area contributed by atoms with E-state index in [2.05, 4.69) is 138 Å². The van der Waals surface area contributed by atoms with Crippen molar-refractivity contribution in [2.45, 2.75) is 13.0 Å². The summed E-state index contributed by atoms with van der Waals surface area (Å²) < 4.78 is 0. The molecule has 0 saturated carbocycles. The Labute approximate surface area is 210 Å². The van der Waals surface area contributed by atoms with Gasteiger partial charge in [0.25, 0.3) is 0 Å². The molecule has 1 aliphatic heterocycles. The normalized spacial score (nSPS) is 15.2. The molecule has 1 N–H and O–H groups in total. The van der Waals surface area contributed by atoms with Gasteiger partial charge in [0.1, 0.15) is 0 Å². The number of fused-ring (bicyclic) bond motifs is 4. The number of nitrogens with zero attached hydrogens (tertiary/aromatic N) is 2. The van der Waals surface area contributed by atoms with Gasteiger partial charge in [0.15, 0.2) is 0 Å². The monoisotopic (exact) mass is 463 g/mol. The summed E-state index contributed by atoms with van der Waals surface area (Å²) >= 11 is 0. The summed E-state index contributed by atoms with van der Waals surface area (Å²) in [6.45, 7) is 2.14. The maximum Gasteiger partial charge on any atom is 0.0886 e. The van der Waals surface area contributed by atoms with Crippen molar-refractivity contribution < 1.29 is 0 Å². The summed E-state index contributed by atoms with van der Waals surface area (Å²) in [6, 6.07) is 36.5. The van der Waals surface area contributed by atoms with Crippen molar-refractivity contribution in [3.05, 3.63) is 143 Å². The number of aromatic nitrogens is 2. The van der Waals surface area contributed by atoms with E-state index < -0.39 is 0 Å². The molecule has 3 nitrogen and oxygen atoms in total. The minimum atomic E-state index is -0.0452. The molecule has 1 aliphatic rings. The van der Waals surface area contributed by atoms with E-state index in [1.54, 1.807) is 0 Å². The van der Waals surface area contributed by atoms with Crippen molar-refractivity contribution >= 4 is 39.3 Å².